The zero-order valence-corrected chi connectivity index (χ0v) is 18.7. The molecule has 0 saturated carbocycles. The molecule has 0 aliphatic carbocycles. The number of hydrogen-bond acceptors (Lipinski definition) is 2. The van der Waals surface area contributed by atoms with Crippen LogP contribution in [-0.4, -0.2) is 26.7 Å². The second-order valence-corrected chi connectivity index (χ2v) is 6.89. The topological polar surface area (TPSA) is 45.7 Å². The highest BCUT2D eigenvalue weighted by atomic mass is 127. The Morgan fingerprint density at radius 2 is 1.81 bits per heavy atom. The van der Waals surface area contributed by atoms with Crippen molar-refractivity contribution < 1.29 is 9.13 Å². The van der Waals surface area contributed by atoms with Crippen molar-refractivity contribution in [2.45, 2.75) is 32.4 Å². The molecule has 0 bridgehead atoms. The summed E-state index contributed by atoms with van der Waals surface area (Å²) in [7, 11) is 3.30. The van der Waals surface area contributed by atoms with Crippen LogP contribution in [0.3, 0.4) is 0 Å². The van der Waals surface area contributed by atoms with E-state index >= 15 is 0 Å². The van der Waals surface area contributed by atoms with Crippen LogP contribution < -0.4 is 10.6 Å². The number of ether oxygens (including phenoxy) is 1. The minimum Gasteiger partial charge on any atom is -0.380 e. The monoisotopic (exact) mass is 485 g/mol. The average molecular weight is 485 g/mol. The maximum absolute atomic E-state index is 13.7. The van der Waals surface area contributed by atoms with E-state index in [-0.39, 0.29) is 41.8 Å². The standard InChI is InChI=1S/C21H28FN3O.HI/c1-21(2,18-8-6-5-7-9-18)15-25-20(23-3)24-13-16-10-11-19(22)17(12-16)14-26-4;/h5-12H,13-15H2,1-4H3,(H2,23,24,25);1H. The van der Waals surface area contributed by atoms with E-state index in [1.54, 1.807) is 20.2 Å². The maximum Gasteiger partial charge on any atom is 0.191 e. The molecular formula is C21H29FIN3O. The van der Waals surface area contributed by atoms with Gasteiger partial charge in [-0.05, 0) is 23.3 Å². The van der Waals surface area contributed by atoms with E-state index in [1.807, 2.05) is 12.1 Å². The van der Waals surface area contributed by atoms with Gasteiger partial charge in [0.05, 0.1) is 6.61 Å². The van der Waals surface area contributed by atoms with E-state index in [9.17, 15) is 4.39 Å². The van der Waals surface area contributed by atoms with Crippen LogP contribution in [0.1, 0.15) is 30.5 Å². The Hall–Kier alpha value is -1.67. The van der Waals surface area contributed by atoms with Crippen molar-refractivity contribution >= 4 is 29.9 Å². The lowest BCUT2D eigenvalue weighted by Crippen LogP contribution is -2.43. The zero-order valence-electron chi connectivity index (χ0n) is 16.4. The van der Waals surface area contributed by atoms with E-state index < -0.39 is 0 Å². The van der Waals surface area contributed by atoms with Gasteiger partial charge in [0.25, 0.3) is 0 Å². The fourth-order valence-corrected chi connectivity index (χ4v) is 2.71. The fourth-order valence-electron chi connectivity index (χ4n) is 2.71. The van der Waals surface area contributed by atoms with Crippen LogP contribution in [0, 0.1) is 5.82 Å². The molecular weight excluding hydrogens is 456 g/mol. The number of hydrogen-bond donors (Lipinski definition) is 2. The number of benzene rings is 2. The van der Waals surface area contributed by atoms with Crippen molar-refractivity contribution in [3.8, 4) is 0 Å². The van der Waals surface area contributed by atoms with Gasteiger partial charge in [-0.3, -0.25) is 4.99 Å². The first-order chi connectivity index (χ1) is 12.5. The summed E-state index contributed by atoms with van der Waals surface area (Å²) < 4.78 is 18.7. The van der Waals surface area contributed by atoms with Gasteiger partial charge in [-0.2, -0.15) is 0 Å². The van der Waals surface area contributed by atoms with Crippen LogP contribution in [0.15, 0.2) is 53.5 Å². The third-order valence-corrected chi connectivity index (χ3v) is 4.35. The number of nitrogens with zero attached hydrogens (tertiary/aromatic N) is 1. The van der Waals surface area contributed by atoms with Gasteiger partial charge in [-0.25, -0.2) is 4.39 Å². The Morgan fingerprint density at radius 3 is 2.44 bits per heavy atom. The summed E-state index contributed by atoms with van der Waals surface area (Å²) in [4.78, 5) is 4.27. The zero-order chi connectivity index (χ0) is 19.0. The molecule has 0 spiro atoms. The van der Waals surface area contributed by atoms with Gasteiger partial charge in [-0.1, -0.05) is 50.2 Å². The van der Waals surface area contributed by atoms with Crippen molar-refractivity contribution in [1.29, 1.82) is 0 Å². The first kappa shape index (κ1) is 23.4. The second-order valence-electron chi connectivity index (χ2n) is 6.89. The quantitative estimate of drug-likeness (QED) is 0.351. The molecule has 2 rings (SSSR count). The van der Waals surface area contributed by atoms with Gasteiger partial charge in [-0.15, -0.1) is 24.0 Å². The molecule has 2 aromatic rings. The largest absolute Gasteiger partial charge is 0.380 e. The molecule has 2 aromatic carbocycles. The predicted octanol–water partition coefficient (Wildman–Crippen LogP) is 4.23. The number of guanidine groups is 1. The summed E-state index contributed by atoms with van der Waals surface area (Å²) in [5.41, 5.74) is 2.77. The number of methoxy groups -OCH3 is 1. The molecule has 0 amide bonds. The van der Waals surface area contributed by atoms with Gasteiger partial charge in [0.2, 0.25) is 0 Å². The molecule has 0 aliphatic heterocycles. The van der Waals surface area contributed by atoms with Gasteiger partial charge in [0.1, 0.15) is 5.82 Å². The second kappa shape index (κ2) is 11.2. The smallest absolute Gasteiger partial charge is 0.191 e. The van der Waals surface area contributed by atoms with Crippen molar-refractivity contribution in [2.24, 2.45) is 4.99 Å². The predicted molar refractivity (Wildman–Crippen MR) is 120 cm³/mol. The van der Waals surface area contributed by atoms with E-state index in [1.165, 1.54) is 11.6 Å². The Bertz CT molecular complexity index is 735. The van der Waals surface area contributed by atoms with Crippen molar-refractivity contribution in [2.75, 3.05) is 20.7 Å². The molecule has 0 fully saturated rings. The minimum atomic E-state index is -0.247. The van der Waals surface area contributed by atoms with Gasteiger partial charge in [0.15, 0.2) is 5.96 Å². The Labute approximate surface area is 178 Å². The molecule has 0 radical (unpaired) electrons. The SMILES string of the molecule is CN=C(NCc1ccc(F)c(COC)c1)NCC(C)(C)c1ccccc1.I. The third-order valence-electron chi connectivity index (χ3n) is 4.35. The van der Waals surface area contributed by atoms with E-state index in [2.05, 4.69) is 53.7 Å². The Morgan fingerprint density at radius 1 is 1.11 bits per heavy atom. The maximum atomic E-state index is 13.7. The molecule has 0 atom stereocenters. The minimum absolute atomic E-state index is 0. The molecule has 2 N–H and O–H groups in total. The summed E-state index contributed by atoms with van der Waals surface area (Å²) in [6.07, 6.45) is 0. The van der Waals surface area contributed by atoms with Gasteiger partial charge >= 0.3 is 0 Å². The fraction of sp³-hybridized carbons (Fsp3) is 0.381. The summed E-state index contributed by atoms with van der Waals surface area (Å²) in [6.45, 7) is 5.95. The lowest BCUT2D eigenvalue weighted by molar-refractivity contribution is 0.181. The Balaban J connectivity index is 0.00000364. The van der Waals surface area contributed by atoms with Crippen molar-refractivity contribution in [3.05, 3.63) is 71.0 Å². The van der Waals surface area contributed by atoms with Crippen molar-refractivity contribution in [1.82, 2.24) is 10.6 Å². The first-order valence-corrected chi connectivity index (χ1v) is 8.72. The number of rotatable bonds is 7. The van der Waals surface area contributed by atoms with E-state index in [0.717, 1.165) is 12.1 Å². The molecule has 0 aromatic heterocycles. The average Bonchev–Trinajstić information content (AvgIpc) is 2.65. The van der Waals surface area contributed by atoms with Crippen LogP contribution in [0.4, 0.5) is 4.39 Å². The summed E-state index contributed by atoms with van der Waals surface area (Å²) >= 11 is 0. The third kappa shape index (κ3) is 7.10. The molecule has 0 unspecified atom stereocenters. The lowest BCUT2D eigenvalue weighted by Gasteiger charge is -2.26. The summed E-state index contributed by atoms with van der Waals surface area (Å²) in [6, 6.07) is 15.4. The number of nitrogens with one attached hydrogen (secondary N) is 2. The van der Waals surface area contributed by atoms with E-state index in [4.69, 9.17) is 4.74 Å². The van der Waals surface area contributed by atoms with Crippen LogP contribution in [-0.2, 0) is 23.3 Å². The molecule has 4 nitrogen and oxygen atoms in total. The highest BCUT2D eigenvalue weighted by molar-refractivity contribution is 14.0. The summed E-state index contributed by atoms with van der Waals surface area (Å²) in [5.74, 6) is 0.467. The van der Waals surface area contributed by atoms with Crippen LogP contribution >= 0.6 is 24.0 Å². The first-order valence-electron chi connectivity index (χ1n) is 8.72. The Kier molecular flexibility index (Phi) is 9.73. The van der Waals surface area contributed by atoms with Crippen LogP contribution in [0.2, 0.25) is 0 Å². The molecule has 27 heavy (non-hydrogen) atoms. The normalized spacial score (nSPS) is 11.7. The molecule has 0 aliphatic rings. The van der Waals surface area contributed by atoms with Crippen molar-refractivity contribution in [3.63, 3.8) is 0 Å². The van der Waals surface area contributed by atoms with E-state index in [0.29, 0.717) is 18.1 Å². The summed E-state index contributed by atoms with van der Waals surface area (Å²) in [5, 5.41) is 6.64. The molecule has 0 heterocycles. The van der Waals surface area contributed by atoms with Crippen LogP contribution in [0.5, 0.6) is 0 Å². The van der Waals surface area contributed by atoms with Gasteiger partial charge in [0, 0.05) is 38.2 Å². The molecule has 148 valence electrons. The highest BCUT2D eigenvalue weighted by Gasteiger charge is 2.20. The highest BCUT2D eigenvalue weighted by Crippen LogP contribution is 2.21. The molecule has 6 heteroatoms. The lowest BCUT2D eigenvalue weighted by atomic mass is 9.85. The number of halogens is 2. The number of aliphatic imine (C=N–C) groups is 1. The van der Waals surface area contributed by atoms with Crippen LogP contribution in [0.25, 0.3) is 0 Å². The van der Waals surface area contributed by atoms with Gasteiger partial charge < -0.3 is 15.4 Å². The molecule has 0 saturated heterocycles.